The lowest BCUT2D eigenvalue weighted by atomic mass is 10.2. The highest BCUT2D eigenvalue weighted by molar-refractivity contribution is 5.94. The summed E-state index contributed by atoms with van der Waals surface area (Å²) in [5, 5.41) is 2.49. The number of amides is 1. The van der Waals surface area contributed by atoms with E-state index in [9.17, 15) is 13.6 Å². The molecule has 1 amide bonds. The van der Waals surface area contributed by atoms with Crippen molar-refractivity contribution in [2.24, 2.45) is 0 Å². The Kier molecular flexibility index (Phi) is 6.42. The van der Waals surface area contributed by atoms with Crippen molar-refractivity contribution in [3.63, 3.8) is 0 Å². The van der Waals surface area contributed by atoms with E-state index in [1.807, 2.05) is 17.9 Å². The molecule has 1 saturated heterocycles. The lowest BCUT2D eigenvalue weighted by molar-refractivity contribution is -0.120. The highest BCUT2D eigenvalue weighted by Gasteiger charge is 2.27. The average molecular weight is 403 g/mol. The van der Waals surface area contributed by atoms with E-state index in [-0.39, 0.29) is 17.5 Å². The molecule has 0 bridgehead atoms. The molecule has 3 rings (SSSR count). The minimum atomic E-state index is -0.656. The van der Waals surface area contributed by atoms with Crippen LogP contribution in [0.5, 0.6) is 0 Å². The Morgan fingerprint density at radius 1 is 1.07 bits per heavy atom. The summed E-state index contributed by atoms with van der Waals surface area (Å²) in [5.74, 6) is 0.373. The van der Waals surface area contributed by atoms with E-state index < -0.39 is 17.7 Å². The molecule has 156 valence electrons. The quantitative estimate of drug-likeness (QED) is 0.830. The second-order valence-electron chi connectivity index (χ2n) is 7.69. The SMILES string of the molecule is Cc1cc(N2CCN([C@@H](C)C(=O)Nc3cc(F)ccc3F)CC2)nc(C(C)C)n1. The van der Waals surface area contributed by atoms with E-state index in [1.54, 1.807) is 6.92 Å². The van der Waals surface area contributed by atoms with Crippen molar-refractivity contribution < 1.29 is 13.6 Å². The first-order chi connectivity index (χ1) is 13.7. The van der Waals surface area contributed by atoms with Crippen molar-refractivity contribution in [3.05, 3.63) is 47.4 Å². The molecule has 1 aromatic heterocycles. The first-order valence-electron chi connectivity index (χ1n) is 9.85. The van der Waals surface area contributed by atoms with Crippen molar-refractivity contribution in [2.45, 2.75) is 39.7 Å². The number of halogens is 2. The molecule has 1 aromatic carbocycles. The van der Waals surface area contributed by atoms with Crippen LogP contribution >= 0.6 is 0 Å². The van der Waals surface area contributed by atoms with E-state index >= 15 is 0 Å². The van der Waals surface area contributed by atoms with Crippen LogP contribution in [0.15, 0.2) is 24.3 Å². The van der Waals surface area contributed by atoms with E-state index in [1.165, 1.54) is 0 Å². The fraction of sp³-hybridized carbons (Fsp3) is 0.476. The van der Waals surface area contributed by atoms with Gasteiger partial charge in [0.15, 0.2) is 0 Å². The summed E-state index contributed by atoms with van der Waals surface area (Å²) in [6.07, 6.45) is 0. The Bertz CT molecular complexity index is 881. The summed E-state index contributed by atoms with van der Waals surface area (Å²) in [6.45, 7) is 10.6. The van der Waals surface area contributed by atoms with E-state index in [0.717, 1.165) is 48.6 Å². The summed E-state index contributed by atoms with van der Waals surface area (Å²) in [4.78, 5) is 25.9. The highest BCUT2D eigenvalue weighted by Crippen LogP contribution is 2.20. The molecule has 0 spiro atoms. The number of carbonyl (C=O) groups is 1. The standard InChI is InChI=1S/C21H27F2N5O/c1-13(2)20-24-14(3)11-19(26-20)28-9-7-27(8-10-28)15(4)21(29)25-18-12-16(22)5-6-17(18)23/h5-6,11-13,15H,7-10H2,1-4H3,(H,25,29)/t15-/m0/s1. The van der Waals surface area contributed by atoms with Crippen LogP contribution in [0.25, 0.3) is 0 Å². The molecule has 0 radical (unpaired) electrons. The smallest absolute Gasteiger partial charge is 0.241 e. The Morgan fingerprint density at radius 3 is 2.41 bits per heavy atom. The predicted molar refractivity (Wildman–Crippen MR) is 109 cm³/mol. The molecule has 1 aliphatic rings. The molecule has 6 nitrogen and oxygen atoms in total. The zero-order valence-electron chi connectivity index (χ0n) is 17.2. The molecule has 1 atom stereocenters. The van der Waals surface area contributed by atoms with Gasteiger partial charge in [-0.1, -0.05) is 13.8 Å². The van der Waals surface area contributed by atoms with E-state index in [0.29, 0.717) is 13.1 Å². The zero-order valence-corrected chi connectivity index (χ0v) is 17.2. The van der Waals surface area contributed by atoms with Gasteiger partial charge in [0.1, 0.15) is 23.3 Å². The van der Waals surface area contributed by atoms with Crippen LogP contribution in [-0.4, -0.2) is 53.0 Å². The number of nitrogens with one attached hydrogen (secondary N) is 1. The Balaban J connectivity index is 1.61. The van der Waals surface area contributed by atoms with Gasteiger partial charge in [0.2, 0.25) is 5.91 Å². The number of carbonyl (C=O) groups excluding carboxylic acids is 1. The number of aryl methyl sites for hydroxylation is 1. The minimum absolute atomic E-state index is 0.141. The molecule has 8 heteroatoms. The summed E-state index contributed by atoms with van der Waals surface area (Å²) < 4.78 is 27.1. The first-order valence-corrected chi connectivity index (χ1v) is 9.85. The first kappa shape index (κ1) is 21.1. The zero-order chi connectivity index (χ0) is 21.1. The molecule has 0 saturated carbocycles. The molecular weight excluding hydrogens is 376 g/mol. The lowest BCUT2D eigenvalue weighted by Crippen LogP contribution is -2.53. The monoisotopic (exact) mass is 403 g/mol. The normalized spacial score (nSPS) is 16.2. The van der Waals surface area contributed by atoms with Crippen molar-refractivity contribution in [3.8, 4) is 0 Å². The maximum absolute atomic E-state index is 13.8. The number of piperazine rings is 1. The van der Waals surface area contributed by atoms with Crippen LogP contribution in [-0.2, 0) is 4.79 Å². The topological polar surface area (TPSA) is 61.4 Å². The molecule has 2 aromatic rings. The van der Waals surface area contributed by atoms with Gasteiger partial charge in [-0.05, 0) is 26.0 Å². The molecule has 29 heavy (non-hydrogen) atoms. The van der Waals surface area contributed by atoms with Gasteiger partial charge >= 0.3 is 0 Å². The third-order valence-corrected chi connectivity index (χ3v) is 5.13. The lowest BCUT2D eigenvalue weighted by Gasteiger charge is -2.38. The third kappa shape index (κ3) is 5.06. The van der Waals surface area contributed by atoms with Crippen molar-refractivity contribution in [1.82, 2.24) is 14.9 Å². The van der Waals surface area contributed by atoms with Gasteiger partial charge < -0.3 is 10.2 Å². The number of benzene rings is 1. The Labute approximate surface area is 169 Å². The third-order valence-electron chi connectivity index (χ3n) is 5.13. The van der Waals surface area contributed by atoms with Gasteiger partial charge in [-0.25, -0.2) is 18.7 Å². The summed E-state index contributed by atoms with van der Waals surface area (Å²) in [6, 6.07) is 4.53. The van der Waals surface area contributed by atoms with Gasteiger partial charge in [-0.15, -0.1) is 0 Å². The Morgan fingerprint density at radius 2 is 1.76 bits per heavy atom. The number of nitrogens with zero attached hydrogens (tertiary/aromatic N) is 4. The molecule has 0 aliphatic carbocycles. The van der Waals surface area contributed by atoms with Crippen LogP contribution in [0.1, 0.15) is 38.2 Å². The second-order valence-corrected chi connectivity index (χ2v) is 7.69. The second kappa shape index (κ2) is 8.82. The minimum Gasteiger partial charge on any atom is -0.354 e. The van der Waals surface area contributed by atoms with Crippen LogP contribution in [0.4, 0.5) is 20.3 Å². The predicted octanol–water partition coefficient (Wildman–Crippen LogP) is 3.34. The Hall–Kier alpha value is -2.61. The van der Waals surface area contributed by atoms with E-state index in [2.05, 4.69) is 34.0 Å². The van der Waals surface area contributed by atoms with Gasteiger partial charge in [0.05, 0.1) is 11.7 Å². The van der Waals surface area contributed by atoms with Gasteiger partial charge in [-0.3, -0.25) is 9.69 Å². The number of aromatic nitrogens is 2. The molecule has 1 aliphatic heterocycles. The van der Waals surface area contributed by atoms with Crippen LogP contribution < -0.4 is 10.2 Å². The molecule has 1 N–H and O–H groups in total. The fourth-order valence-corrected chi connectivity index (χ4v) is 3.33. The molecule has 0 unspecified atom stereocenters. The number of hydrogen-bond acceptors (Lipinski definition) is 5. The molecule has 2 heterocycles. The van der Waals surface area contributed by atoms with Crippen molar-refractivity contribution in [1.29, 1.82) is 0 Å². The van der Waals surface area contributed by atoms with Gasteiger partial charge in [-0.2, -0.15) is 0 Å². The maximum Gasteiger partial charge on any atom is 0.241 e. The number of hydrogen-bond donors (Lipinski definition) is 1. The van der Waals surface area contributed by atoms with Crippen LogP contribution in [0.3, 0.4) is 0 Å². The number of anilines is 2. The average Bonchev–Trinajstić information content (AvgIpc) is 2.69. The van der Waals surface area contributed by atoms with Crippen LogP contribution in [0, 0.1) is 18.6 Å². The van der Waals surface area contributed by atoms with Crippen molar-refractivity contribution in [2.75, 3.05) is 36.4 Å². The highest BCUT2D eigenvalue weighted by atomic mass is 19.1. The molecular formula is C21H27F2N5O. The summed E-state index contributed by atoms with van der Waals surface area (Å²) in [7, 11) is 0. The summed E-state index contributed by atoms with van der Waals surface area (Å²) in [5.41, 5.74) is 0.796. The maximum atomic E-state index is 13.8. The van der Waals surface area contributed by atoms with Gasteiger partial charge in [0, 0.05) is 49.9 Å². The van der Waals surface area contributed by atoms with Gasteiger partial charge in [0.25, 0.3) is 0 Å². The van der Waals surface area contributed by atoms with E-state index in [4.69, 9.17) is 0 Å². The number of rotatable bonds is 5. The largest absolute Gasteiger partial charge is 0.354 e. The van der Waals surface area contributed by atoms with Crippen LogP contribution in [0.2, 0.25) is 0 Å². The molecule has 1 fully saturated rings. The summed E-state index contributed by atoms with van der Waals surface area (Å²) >= 11 is 0. The fourth-order valence-electron chi connectivity index (χ4n) is 3.33. The van der Waals surface area contributed by atoms with Crippen molar-refractivity contribution >= 4 is 17.4 Å².